The molecule has 2 aromatic rings. The van der Waals surface area contributed by atoms with E-state index >= 15 is 0 Å². The summed E-state index contributed by atoms with van der Waals surface area (Å²) in [5.41, 5.74) is 2.40. The van der Waals surface area contributed by atoms with Crippen LogP contribution in [0.3, 0.4) is 0 Å². The summed E-state index contributed by atoms with van der Waals surface area (Å²) < 4.78 is 1.12. The summed E-state index contributed by atoms with van der Waals surface area (Å²) in [5.74, 6) is 0. The lowest BCUT2D eigenvalue weighted by atomic mass is 10.0. The molecule has 0 saturated carbocycles. The Morgan fingerprint density at radius 1 is 1.08 bits per heavy atom. The zero-order valence-corrected chi connectivity index (χ0v) is 15.9. The number of piperidine rings is 1. The van der Waals surface area contributed by atoms with Gasteiger partial charge in [-0.25, -0.2) is 0 Å². The molecular weight excluding hydrogens is 364 g/mol. The van der Waals surface area contributed by atoms with Crippen LogP contribution in [0.25, 0.3) is 10.9 Å². The highest BCUT2D eigenvalue weighted by Gasteiger charge is 2.27. The van der Waals surface area contributed by atoms with E-state index in [-0.39, 0.29) is 0 Å². The normalized spacial score (nSPS) is 23.8. The Bertz CT molecular complexity index is 712. The molecule has 1 atom stereocenters. The van der Waals surface area contributed by atoms with Crippen LogP contribution < -0.4 is 4.90 Å². The van der Waals surface area contributed by atoms with Gasteiger partial charge in [-0.3, -0.25) is 9.88 Å². The molecule has 2 fully saturated rings. The Morgan fingerprint density at radius 2 is 1.92 bits per heavy atom. The van der Waals surface area contributed by atoms with E-state index in [0.717, 1.165) is 42.2 Å². The molecule has 3 heterocycles. The van der Waals surface area contributed by atoms with Gasteiger partial charge in [0.1, 0.15) is 0 Å². The number of likely N-dealkylation sites (N-methyl/N-ethyl adjacent to an activating group) is 1. The molecule has 0 radical (unpaired) electrons. The highest BCUT2D eigenvalue weighted by atomic mass is 79.9. The van der Waals surface area contributed by atoms with Crippen LogP contribution >= 0.6 is 15.9 Å². The molecule has 0 bridgehead atoms. The van der Waals surface area contributed by atoms with Crippen molar-refractivity contribution in [2.45, 2.75) is 18.9 Å². The van der Waals surface area contributed by atoms with Crippen molar-refractivity contribution in [2.24, 2.45) is 0 Å². The maximum absolute atomic E-state index is 4.51. The van der Waals surface area contributed by atoms with Crippen molar-refractivity contribution in [2.75, 3.05) is 51.2 Å². The lowest BCUT2D eigenvalue weighted by molar-refractivity contribution is 0.107. The molecule has 2 saturated heterocycles. The maximum Gasteiger partial charge on any atom is 0.0723 e. The Kier molecular flexibility index (Phi) is 4.74. The van der Waals surface area contributed by atoms with Gasteiger partial charge in [0.25, 0.3) is 0 Å². The Morgan fingerprint density at radius 3 is 2.71 bits per heavy atom. The number of halogens is 1. The first-order chi connectivity index (χ1) is 11.7. The maximum atomic E-state index is 4.51. The number of fused-ring (bicyclic) bond motifs is 1. The van der Waals surface area contributed by atoms with Crippen LogP contribution in [-0.4, -0.2) is 67.1 Å². The molecule has 4 nitrogen and oxygen atoms in total. The largest absolute Gasteiger partial charge is 0.368 e. The minimum Gasteiger partial charge on any atom is -0.368 e. The van der Waals surface area contributed by atoms with Gasteiger partial charge in [-0.1, -0.05) is 15.9 Å². The minimum atomic E-state index is 0.745. The summed E-state index contributed by atoms with van der Waals surface area (Å²) in [7, 11) is 2.25. The molecule has 5 heteroatoms. The van der Waals surface area contributed by atoms with E-state index in [2.05, 4.69) is 66.9 Å². The first-order valence-electron chi connectivity index (χ1n) is 8.92. The van der Waals surface area contributed by atoms with Crippen LogP contribution in [0.4, 0.5) is 5.69 Å². The van der Waals surface area contributed by atoms with Gasteiger partial charge in [0.2, 0.25) is 0 Å². The van der Waals surface area contributed by atoms with Crippen molar-refractivity contribution >= 4 is 32.5 Å². The van der Waals surface area contributed by atoms with Crippen LogP contribution in [0.15, 0.2) is 34.9 Å². The molecule has 128 valence electrons. The van der Waals surface area contributed by atoms with Crippen molar-refractivity contribution in [3.63, 3.8) is 0 Å². The van der Waals surface area contributed by atoms with Gasteiger partial charge in [-0.15, -0.1) is 0 Å². The number of hydrogen-bond acceptors (Lipinski definition) is 4. The van der Waals surface area contributed by atoms with Crippen LogP contribution in [0.5, 0.6) is 0 Å². The number of pyridine rings is 1. The highest BCUT2D eigenvalue weighted by Crippen LogP contribution is 2.29. The summed E-state index contributed by atoms with van der Waals surface area (Å²) in [6.07, 6.45) is 4.63. The Labute approximate surface area is 152 Å². The summed E-state index contributed by atoms with van der Waals surface area (Å²) in [6.45, 7) is 7.02. The highest BCUT2D eigenvalue weighted by molar-refractivity contribution is 9.10. The van der Waals surface area contributed by atoms with Crippen molar-refractivity contribution in [1.82, 2.24) is 14.8 Å². The van der Waals surface area contributed by atoms with E-state index < -0.39 is 0 Å². The van der Waals surface area contributed by atoms with E-state index in [1.807, 2.05) is 6.20 Å². The third-order valence-electron chi connectivity index (χ3n) is 5.45. The number of likely N-dealkylation sites (tertiary alicyclic amines) is 1. The SMILES string of the molecule is CN1CCCC(N2CCN(c3ccnc4ccc(Br)cc34)CC2)C1. The van der Waals surface area contributed by atoms with Crippen molar-refractivity contribution < 1.29 is 0 Å². The summed E-state index contributed by atoms with van der Waals surface area (Å²) in [4.78, 5) is 12.2. The number of hydrogen-bond donors (Lipinski definition) is 0. The molecule has 2 aliphatic heterocycles. The molecule has 0 spiro atoms. The molecule has 24 heavy (non-hydrogen) atoms. The molecule has 2 aliphatic rings. The zero-order valence-electron chi connectivity index (χ0n) is 14.3. The topological polar surface area (TPSA) is 22.6 Å². The summed E-state index contributed by atoms with van der Waals surface area (Å²) in [5, 5.41) is 1.25. The van der Waals surface area contributed by atoms with Gasteiger partial charge in [-0.2, -0.15) is 0 Å². The average molecular weight is 389 g/mol. The van der Waals surface area contributed by atoms with Crippen LogP contribution in [0.2, 0.25) is 0 Å². The standard InChI is InChI=1S/C19H25BrN4/c1-22-8-2-3-16(14-22)23-9-11-24(12-10-23)19-6-7-21-18-5-4-15(20)13-17(18)19/h4-7,13,16H,2-3,8-12,14H2,1H3. The van der Waals surface area contributed by atoms with Gasteiger partial charge < -0.3 is 9.80 Å². The van der Waals surface area contributed by atoms with Gasteiger partial charge in [0.05, 0.1) is 5.52 Å². The van der Waals surface area contributed by atoms with Gasteiger partial charge in [0, 0.05) is 60.5 Å². The summed E-state index contributed by atoms with van der Waals surface area (Å²) >= 11 is 3.60. The zero-order chi connectivity index (χ0) is 16.5. The van der Waals surface area contributed by atoms with Crippen molar-refractivity contribution in [3.8, 4) is 0 Å². The molecule has 1 aromatic heterocycles. The fraction of sp³-hybridized carbons (Fsp3) is 0.526. The predicted octanol–water partition coefficient (Wildman–Crippen LogP) is 3.21. The van der Waals surface area contributed by atoms with Crippen molar-refractivity contribution in [3.05, 3.63) is 34.9 Å². The quantitative estimate of drug-likeness (QED) is 0.787. The molecular formula is C19H25BrN4. The molecule has 1 unspecified atom stereocenters. The lowest BCUT2D eigenvalue weighted by Gasteiger charge is -2.43. The second kappa shape index (κ2) is 6.98. The van der Waals surface area contributed by atoms with Gasteiger partial charge >= 0.3 is 0 Å². The predicted molar refractivity (Wildman–Crippen MR) is 104 cm³/mol. The van der Waals surface area contributed by atoms with Gasteiger partial charge in [-0.05, 0) is 50.7 Å². The number of rotatable bonds is 2. The van der Waals surface area contributed by atoms with Crippen LogP contribution in [0.1, 0.15) is 12.8 Å². The molecule has 4 rings (SSSR count). The van der Waals surface area contributed by atoms with Crippen LogP contribution in [-0.2, 0) is 0 Å². The molecule has 0 aliphatic carbocycles. The molecule has 1 aromatic carbocycles. The molecule has 0 N–H and O–H groups in total. The first-order valence-corrected chi connectivity index (χ1v) is 9.72. The lowest BCUT2D eigenvalue weighted by Crippen LogP contribution is -2.54. The van der Waals surface area contributed by atoms with E-state index in [1.165, 1.54) is 37.0 Å². The van der Waals surface area contributed by atoms with Crippen molar-refractivity contribution in [1.29, 1.82) is 0 Å². The Hall–Kier alpha value is -1.17. The number of piperazine rings is 1. The van der Waals surface area contributed by atoms with Gasteiger partial charge in [0.15, 0.2) is 0 Å². The third kappa shape index (κ3) is 3.30. The van der Waals surface area contributed by atoms with E-state index in [9.17, 15) is 0 Å². The number of anilines is 1. The second-order valence-corrected chi connectivity index (χ2v) is 7.99. The second-order valence-electron chi connectivity index (χ2n) is 7.07. The Balaban J connectivity index is 1.49. The average Bonchev–Trinajstić information content (AvgIpc) is 2.61. The fourth-order valence-corrected chi connectivity index (χ4v) is 4.51. The van der Waals surface area contributed by atoms with Crippen LogP contribution in [0, 0.1) is 0 Å². The number of aromatic nitrogens is 1. The number of nitrogens with zero attached hydrogens (tertiary/aromatic N) is 4. The smallest absolute Gasteiger partial charge is 0.0723 e. The van der Waals surface area contributed by atoms with E-state index in [0.29, 0.717) is 0 Å². The monoisotopic (exact) mass is 388 g/mol. The first kappa shape index (κ1) is 16.3. The van der Waals surface area contributed by atoms with E-state index in [4.69, 9.17) is 0 Å². The third-order valence-corrected chi connectivity index (χ3v) is 5.94. The minimum absolute atomic E-state index is 0.745. The summed E-state index contributed by atoms with van der Waals surface area (Å²) in [6, 6.07) is 9.27. The number of benzene rings is 1. The fourth-order valence-electron chi connectivity index (χ4n) is 4.14. The van der Waals surface area contributed by atoms with E-state index in [1.54, 1.807) is 0 Å². The molecule has 0 amide bonds.